The number of aromatic nitrogens is 2. The van der Waals surface area contributed by atoms with Gasteiger partial charge in [-0.25, -0.2) is 9.97 Å². The molecule has 134 valence electrons. The monoisotopic (exact) mass is 355 g/mol. The topological polar surface area (TPSA) is 78.9 Å². The van der Waals surface area contributed by atoms with Gasteiger partial charge in [-0.3, -0.25) is 0 Å². The van der Waals surface area contributed by atoms with Gasteiger partial charge in [-0.15, -0.1) is 0 Å². The minimum atomic E-state index is -3.38. The third-order valence-corrected chi connectivity index (χ3v) is 6.40. The summed E-state index contributed by atoms with van der Waals surface area (Å²) in [5.74, 6) is 1.40. The molecule has 3 heterocycles. The maximum atomic E-state index is 12.2. The Morgan fingerprint density at radius 3 is 2.62 bits per heavy atom. The van der Waals surface area contributed by atoms with Crippen molar-refractivity contribution in [2.45, 2.75) is 31.8 Å². The molecule has 0 bridgehead atoms. The van der Waals surface area contributed by atoms with E-state index in [0.717, 1.165) is 18.9 Å². The summed E-state index contributed by atoms with van der Waals surface area (Å²) >= 11 is 0. The molecular formula is C15H25N5O3S. The van der Waals surface area contributed by atoms with Crippen LogP contribution in [0.1, 0.15) is 25.7 Å². The number of hydrogen-bond acceptors (Lipinski definition) is 6. The molecule has 0 radical (unpaired) electrons. The lowest BCUT2D eigenvalue weighted by Gasteiger charge is -2.27. The molecule has 2 saturated heterocycles. The molecule has 1 atom stereocenters. The van der Waals surface area contributed by atoms with Crippen LogP contribution in [-0.4, -0.2) is 73.4 Å². The summed E-state index contributed by atoms with van der Waals surface area (Å²) in [7, 11) is -0.300. The van der Waals surface area contributed by atoms with Crippen LogP contribution in [0.2, 0.25) is 0 Å². The third kappa shape index (κ3) is 3.79. The Morgan fingerprint density at radius 1 is 1.17 bits per heavy atom. The highest BCUT2D eigenvalue weighted by molar-refractivity contribution is 7.86. The average Bonchev–Trinajstić information content (AvgIpc) is 3.05. The van der Waals surface area contributed by atoms with Crippen molar-refractivity contribution in [3.05, 3.63) is 12.4 Å². The lowest BCUT2D eigenvalue weighted by atomic mass is 10.1. The molecular weight excluding hydrogens is 330 g/mol. The fourth-order valence-corrected chi connectivity index (χ4v) is 4.25. The van der Waals surface area contributed by atoms with Crippen LogP contribution in [0.25, 0.3) is 0 Å². The van der Waals surface area contributed by atoms with Crippen molar-refractivity contribution in [1.82, 2.24) is 18.6 Å². The Morgan fingerprint density at radius 2 is 1.92 bits per heavy atom. The number of hydrogen-bond donors (Lipinski definition) is 0. The van der Waals surface area contributed by atoms with Gasteiger partial charge >= 0.3 is 0 Å². The Hall–Kier alpha value is -1.45. The van der Waals surface area contributed by atoms with Gasteiger partial charge in [0.25, 0.3) is 10.2 Å². The maximum Gasteiger partial charge on any atom is 0.281 e. The zero-order valence-corrected chi connectivity index (χ0v) is 15.1. The quantitative estimate of drug-likeness (QED) is 0.775. The largest absolute Gasteiger partial charge is 0.473 e. The van der Waals surface area contributed by atoms with E-state index in [2.05, 4.69) is 14.9 Å². The van der Waals surface area contributed by atoms with Crippen LogP contribution >= 0.6 is 0 Å². The van der Waals surface area contributed by atoms with Gasteiger partial charge in [0, 0.05) is 39.8 Å². The van der Waals surface area contributed by atoms with Crippen molar-refractivity contribution in [1.29, 1.82) is 0 Å². The van der Waals surface area contributed by atoms with Crippen LogP contribution in [0.15, 0.2) is 12.4 Å². The van der Waals surface area contributed by atoms with Crippen LogP contribution < -0.4 is 9.64 Å². The smallest absolute Gasteiger partial charge is 0.281 e. The van der Waals surface area contributed by atoms with Gasteiger partial charge in [0.15, 0.2) is 0 Å². The fourth-order valence-electron chi connectivity index (χ4n) is 3.10. The zero-order chi connectivity index (χ0) is 17.2. The van der Waals surface area contributed by atoms with E-state index in [0.29, 0.717) is 25.4 Å². The molecule has 9 heteroatoms. The van der Waals surface area contributed by atoms with E-state index in [9.17, 15) is 8.42 Å². The first kappa shape index (κ1) is 17.4. The maximum absolute atomic E-state index is 12.2. The standard InChI is InChI=1S/C15H25N5O3S/c1-18(2)24(21,22)20-9-6-13(11-20)23-15-10-14(16-12-17-15)19-7-4-3-5-8-19/h10,12-13H,3-9,11H2,1-2H3. The minimum absolute atomic E-state index is 0.177. The van der Waals surface area contributed by atoms with Crippen LogP contribution in [0.4, 0.5) is 5.82 Å². The minimum Gasteiger partial charge on any atom is -0.473 e. The third-order valence-electron chi connectivity index (χ3n) is 4.49. The van der Waals surface area contributed by atoms with E-state index >= 15 is 0 Å². The number of nitrogens with zero attached hydrogens (tertiary/aromatic N) is 5. The Labute approximate surface area is 143 Å². The molecule has 8 nitrogen and oxygen atoms in total. The van der Waals surface area contributed by atoms with Crippen molar-refractivity contribution < 1.29 is 13.2 Å². The van der Waals surface area contributed by atoms with Crippen molar-refractivity contribution >= 4 is 16.0 Å². The van der Waals surface area contributed by atoms with Gasteiger partial charge in [-0.2, -0.15) is 17.0 Å². The number of piperidine rings is 1. The molecule has 0 spiro atoms. The highest BCUT2D eigenvalue weighted by Gasteiger charge is 2.34. The number of anilines is 1. The first-order valence-corrected chi connectivity index (χ1v) is 9.78. The van der Waals surface area contributed by atoms with Crippen LogP contribution in [0.3, 0.4) is 0 Å². The first-order chi connectivity index (χ1) is 11.5. The normalized spacial score (nSPS) is 23.0. The molecule has 3 rings (SSSR count). The lowest BCUT2D eigenvalue weighted by molar-refractivity contribution is 0.205. The first-order valence-electron chi connectivity index (χ1n) is 8.38. The van der Waals surface area contributed by atoms with Gasteiger partial charge in [-0.1, -0.05) is 0 Å². The molecule has 0 amide bonds. The number of rotatable bonds is 5. The summed E-state index contributed by atoms with van der Waals surface area (Å²) in [4.78, 5) is 10.8. The summed E-state index contributed by atoms with van der Waals surface area (Å²) in [6, 6.07) is 1.86. The van der Waals surface area contributed by atoms with E-state index < -0.39 is 10.2 Å². The second kappa shape index (κ2) is 7.20. The molecule has 2 fully saturated rings. The summed E-state index contributed by atoms with van der Waals surface area (Å²) in [6.45, 7) is 2.84. The van der Waals surface area contributed by atoms with E-state index in [-0.39, 0.29) is 6.10 Å². The van der Waals surface area contributed by atoms with Gasteiger partial charge < -0.3 is 9.64 Å². The van der Waals surface area contributed by atoms with Crippen molar-refractivity contribution in [3.63, 3.8) is 0 Å². The van der Waals surface area contributed by atoms with Crippen LogP contribution in [0, 0.1) is 0 Å². The predicted molar refractivity (Wildman–Crippen MR) is 91.3 cm³/mol. The van der Waals surface area contributed by atoms with Crippen LogP contribution in [-0.2, 0) is 10.2 Å². The molecule has 24 heavy (non-hydrogen) atoms. The van der Waals surface area contributed by atoms with Crippen LogP contribution in [0.5, 0.6) is 5.88 Å². The Balaban J connectivity index is 1.63. The molecule has 2 aliphatic heterocycles. The highest BCUT2D eigenvalue weighted by atomic mass is 32.2. The molecule has 2 aliphatic rings. The van der Waals surface area contributed by atoms with Crippen molar-refractivity contribution in [2.75, 3.05) is 45.2 Å². The second-order valence-electron chi connectivity index (χ2n) is 6.44. The van der Waals surface area contributed by atoms with Crippen molar-refractivity contribution in [2.24, 2.45) is 0 Å². The molecule has 0 aliphatic carbocycles. The lowest BCUT2D eigenvalue weighted by Crippen LogP contribution is -2.39. The summed E-state index contributed by atoms with van der Waals surface area (Å²) < 4.78 is 32.9. The number of ether oxygens (including phenoxy) is 1. The van der Waals surface area contributed by atoms with Gasteiger partial charge in [-0.05, 0) is 25.7 Å². The van der Waals surface area contributed by atoms with Gasteiger partial charge in [0.1, 0.15) is 18.2 Å². The zero-order valence-electron chi connectivity index (χ0n) is 14.3. The van der Waals surface area contributed by atoms with E-state index in [1.165, 1.54) is 34.2 Å². The molecule has 1 aromatic heterocycles. The van der Waals surface area contributed by atoms with E-state index in [1.807, 2.05) is 6.07 Å². The van der Waals surface area contributed by atoms with Gasteiger partial charge in [0.05, 0.1) is 6.54 Å². The molecule has 0 aromatic carbocycles. The second-order valence-corrected chi connectivity index (χ2v) is 8.58. The van der Waals surface area contributed by atoms with Gasteiger partial charge in [0.2, 0.25) is 5.88 Å². The van der Waals surface area contributed by atoms with E-state index in [4.69, 9.17) is 4.74 Å². The summed E-state index contributed by atoms with van der Waals surface area (Å²) in [5.41, 5.74) is 0. The Bertz CT molecular complexity index is 661. The highest BCUT2D eigenvalue weighted by Crippen LogP contribution is 2.23. The van der Waals surface area contributed by atoms with E-state index in [1.54, 1.807) is 14.1 Å². The summed E-state index contributed by atoms with van der Waals surface area (Å²) in [6.07, 6.45) is 5.63. The predicted octanol–water partition coefficient (Wildman–Crippen LogP) is 0.726. The summed E-state index contributed by atoms with van der Waals surface area (Å²) in [5, 5.41) is 0. The van der Waals surface area contributed by atoms with Crippen molar-refractivity contribution in [3.8, 4) is 5.88 Å². The molecule has 0 saturated carbocycles. The molecule has 1 unspecified atom stereocenters. The Kier molecular flexibility index (Phi) is 5.21. The fraction of sp³-hybridized carbons (Fsp3) is 0.733. The molecule has 0 N–H and O–H groups in total. The average molecular weight is 355 g/mol. The molecule has 1 aromatic rings. The SMILES string of the molecule is CN(C)S(=O)(=O)N1CCC(Oc2cc(N3CCCCC3)ncn2)C1.